The number of carbonyl (C=O) groups is 1. The van der Waals surface area contributed by atoms with Crippen molar-refractivity contribution in [3.63, 3.8) is 0 Å². The number of aliphatic hydroxyl groups is 1. The summed E-state index contributed by atoms with van der Waals surface area (Å²) in [6, 6.07) is -0.194. The largest absolute Gasteiger partial charge is 0.393 e. The van der Waals surface area contributed by atoms with Crippen LogP contribution in [0.2, 0.25) is 0 Å². The van der Waals surface area contributed by atoms with E-state index in [2.05, 4.69) is 15.3 Å². The number of aliphatic hydroxyl groups excluding tert-OH is 1. The maximum Gasteiger partial charge on any atom is 0.321 e. The molecule has 0 spiro atoms. The van der Waals surface area contributed by atoms with Crippen LogP contribution in [0.3, 0.4) is 0 Å². The molecule has 1 aromatic heterocycles. The van der Waals surface area contributed by atoms with Crippen molar-refractivity contribution < 1.29 is 9.90 Å². The quantitative estimate of drug-likeness (QED) is 0.890. The van der Waals surface area contributed by atoms with Gasteiger partial charge in [-0.2, -0.15) is 0 Å². The van der Waals surface area contributed by atoms with Gasteiger partial charge in [0.2, 0.25) is 0 Å². The zero-order valence-corrected chi connectivity index (χ0v) is 12.7. The lowest BCUT2D eigenvalue weighted by atomic mass is 9.86. The van der Waals surface area contributed by atoms with Gasteiger partial charge in [-0.25, -0.2) is 14.8 Å². The maximum atomic E-state index is 12.1. The molecule has 0 bridgehead atoms. The first-order valence-corrected chi connectivity index (χ1v) is 7.61. The third-order valence-corrected chi connectivity index (χ3v) is 4.00. The highest BCUT2D eigenvalue weighted by Gasteiger charge is 2.25. The van der Waals surface area contributed by atoms with Gasteiger partial charge >= 0.3 is 6.03 Å². The van der Waals surface area contributed by atoms with Gasteiger partial charge in [-0.05, 0) is 12.8 Å². The van der Waals surface area contributed by atoms with Crippen molar-refractivity contribution in [2.24, 2.45) is 5.92 Å². The summed E-state index contributed by atoms with van der Waals surface area (Å²) in [6.07, 6.45) is 7.74. The second-order valence-electron chi connectivity index (χ2n) is 5.66. The minimum atomic E-state index is -0.291. The molecule has 0 saturated heterocycles. The number of amides is 2. The van der Waals surface area contributed by atoms with Crippen LogP contribution in [0.15, 0.2) is 12.4 Å². The number of carbonyl (C=O) groups excluding carboxylic acids is 1. The Morgan fingerprint density at radius 1 is 1.38 bits per heavy atom. The maximum absolute atomic E-state index is 12.1. The third-order valence-electron chi connectivity index (χ3n) is 4.00. The number of aromatic nitrogens is 2. The van der Waals surface area contributed by atoms with Crippen LogP contribution in [0, 0.1) is 5.92 Å². The number of nitrogens with one attached hydrogen (secondary N) is 1. The van der Waals surface area contributed by atoms with Crippen LogP contribution >= 0.6 is 0 Å². The molecule has 1 aromatic rings. The molecule has 1 aliphatic carbocycles. The normalized spacial score (nSPS) is 21.9. The summed E-state index contributed by atoms with van der Waals surface area (Å²) >= 11 is 0. The second-order valence-corrected chi connectivity index (χ2v) is 5.66. The van der Waals surface area contributed by atoms with Crippen LogP contribution in [0.25, 0.3) is 0 Å². The van der Waals surface area contributed by atoms with Gasteiger partial charge in [0.05, 0.1) is 24.2 Å². The van der Waals surface area contributed by atoms with Crippen molar-refractivity contribution in [2.75, 3.05) is 18.9 Å². The van der Waals surface area contributed by atoms with E-state index in [9.17, 15) is 9.90 Å². The molecule has 2 N–H and O–H groups in total. The van der Waals surface area contributed by atoms with Crippen molar-refractivity contribution in [3.05, 3.63) is 18.2 Å². The summed E-state index contributed by atoms with van der Waals surface area (Å²) < 4.78 is 0. The van der Waals surface area contributed by atoms with Crippen molar-refractivity contribution in [1.29, 1.82) is 0 Å². The number of rotatable bonds is 4. The lowest BCUT2D eigenvalue weighted by Crippen LogP contribution is -2.40. The smallest absolute Gasteiger partial charge is 0.321 e. The third kappa shape index (κ3) is 4.39. The Kier molecular flexibility index (Phi) is 5.50. The predicted octanol–water partition coefficient (Wildman–Crippen LogP) is 2.05. The Bertz CT molecular complexity index is 463. The summed E-state index contributed by atoms with van der Waals surface area (Å²) in [6.45, 7) is 2.55. The fourth-order valence-electron chi connectivity index (χ4n) is 2.66. The van der Waals surface area contributed by atoms with E-state index in [0.29, 0.717) is 12.2 Å². The molecule has 6 nitrogen and oxygen atoms in total. The topological polar surface area (TPSA) is 78.4 Å². The zero-order chi connectivity index (χ0) is 15.2. The minimum absolute atomic E-state index is 0.174. The van der Waals surface area contributed by atoms with Gasteiger partial charge in [-0.1, -0.05) is 19.8 Å². The Morgan fingerprint density at radius 2 is 2.05 bits per heavy atom. The molecule has 6 heteroatoms. The van der Waals surface area contributed by atoms with E-state index in [1.165, 1.54) is 0 Å². The SMILES string of the molecule is CCc1ncc(NC(=O)N(C)CC2CCCCC2O)cn1. The van der Waals surface area contributed by atoms with Crippen LogP contribution in [-0.4, -0.2) is 45.7 Å². The number of anilines is 1. The summed E-state index contributed by atoms with van der Waals surface area (Å²) in [5.41, 5.74) is 0.591. The molecule has 2 amide bonds. The minimum Gasteiger partial charge on any atom is -0.393 e. The first kappa shape index (κ1) is 15.7. The molecule has 0 aromatic carbocycles. The lowest BCUT2D eigenvalue weighted by molar-refractivity contribution is 0.0575. The molecule has 2 rings (SSSR count). The van der Waals surface area contributed by atoms with Crippen LogP contribution in [0.1, 0.15) is 38.4 Å². The highest BCUT2D eigenvalue weighted by Crippen LogP contribution is 2.25. The zero-order valence-electron chi connectivity index (χ0n) is 12.7. The first-order valence-electron chi connectivity index (χ1n) is 7.61. The summed E-state index contributed by atoms with van der Waals surface area (Å²) in [7, 11) is 1.75. The average Bonchev–Trinajstić information content (AvgIpc) is 2.50. The standard InChI is InChI=1S/C15H24N4O2/c1-3-14-16-8-12(9-17-14)18-15(21)19(2)10-11-6-4-5-7-13(11)20/h8-9,11,13,20H,3-7,10H2,1-2H3,(H,18,21). The molecule has 1 aliphatic rings. The number of nitrogens with zero attached hydrogens (tertiary/aromatic N) is 3. The van der Waals surface area contributed by atoms with Crippen LogP contribution in [-0.2, 0) is 6.42 Å². The summed E-state index contributed by atoms with van der Waals surface area (Å²) in [5.74, 6) is 0.930. The van der Waals surface area contributed by atoms with Gasteiger partial charge in [0.25, 0.3) is 0 Å². The molecule has 2 atom stereocenters. The number of hydrogen-bond donors (Lipinski definition) is 2. The van der Waals surface area contributed by atoms with E-state index >= 15 is 0 Å². The van der Waals surface area contributed by atoms with Crippen molar-refractivity contribution in [2.45, 2.75) is 45.1 Å². The van der Waals surface area contributed by atoms with Gasteiger partial charge in [-0.15, -0.1) is 0 Å². The van der Waals surface area contributed by atoms with Crippen molar-refractivity contribution in [1.82, 2.24) is 14.9 Å². The first-order chi connectivity index (χ1) is 10.1. The molecule has 0 aliphatic heterocycles. The van der Waals surface area contributed by atoms with E-state index in [1.807, 2.05) is 6.92 Å². The van der Waals surface area contributed by atoms with Crippen LogP contribution in [0.5, 0.6) is 0 Å². The molecule has 0 radical (unpaired) electrons. The van der Waals surface area contributed by atoms with Gasteiger partial charge in [0, 0.05) is 25.9 Å². The van der Waals surface area contributed by atoms with Gasteiger partial charge in [-0.3, -0.25) is 0 Å². The Balaban J connectivity index is 1.86. The molecule has 21 heavy (non-hydrogen) atoms. The fraction of sp³-hybridized carbons (Fsp3) is 0.667. The Labute approximate surface area is 125 Å². The fourth-order valence-corrected chi connectivity index (χ4v) is 2.66. The molecule has 1 saturated carbocycles. The number of urea groups is 1. The number of hydrogen-bond acceptors (Lipinski definition) is 4. The summed E-state index contributed by atoms with van der Waals surface area (Å²) in [5, 5.41) is 12.7. The van der Waals surface area contributed by atoms with Crippen LogP contribution < -0.4 is 5.32 Å². The predicted molar refractivity (Wildman–Crippen MR) is 81.0 cm³/mol. The monoisotopic (exact) mass is 292 g/mol. The van der Waals surface area contributed by atoms with E-state index in [-0.39, 0.29) is 18.1 Å². The van der Waals surface area contributed by atoms with Crippen molar-refractivity contribution in [3.8, 4) is 0 Å². The highest BCUT2D eigenvalue weighted by molar-refractivity contribution is 5.88. The van der Waals surface area contributed by atoms with Gasteiger partial charge in [0.15, 0.2) is 0 Å². The molecule has 1 heterocycles. The Hall–Kier alpha value is -1.69. The van der Waals surface area contributed by atoms with Gasteiger partial charge in [0.1, 0.15) is 5.82 Å². The molecule has 116 valence electrons. The Morgan fingerprint density at radius 3 is 2.67 bits per heavy atom. The second kappa shape index (κ2) is 7.36. The molecular formula is C15H24N4O2. The molecule has 1 fully saturated rings. The number of aryl methyl sites for hydroxylation is 1. The van der Waals surface area contributed by atoms with E-state index < -0.39 is 0 Å². The van der Waals surface area contributed by atoms with Gasteiger partial charge < -0.3 is 15.3 Å². The van der Waals surface area contributed by atoms with E-state index in [1.54, 1.807) is 24.3 Å². The van der Waals surface area contributed by atoms with Crippen LogP contribution in [0.4, 0.5) is 10.5 Å². The molecular weight excluding hydrogens is 268 g/mol. The van der Waals surface area contributed by atoms with E-state index in [4.69, 9.17) is 0 Å². The van der Waals surface area contributed by atoms with E-state index in [0.717, 1.165) is 37.9 Å². The highest BCUT2D eigenvalue weighted by atomic mass is 16.3. The van der Waals surface area contributed by atoms with Crippen molar-refractivity contribution >= 4 is 11.7 Å². The lowest BCUT2D eigenvalue weighted by Gasteiger charge is -2.31. The summed E-state index contributed by atoms with van der Waals surface area (Å²) in [4.78, 5) is 22.0. The molecule has 2 unspecified atom stereocenters. The average molecular weight is 292 g/mol.